The molecule has 0 aliphatic heterocycles. The summed E-state index contributed by atoms with van der Waals surface area (Å²) in [5.74, 6) is -2.66. The third-order valence-corrected chi connectivity index (χ3v) is 2.74. The zero-order valence-corrected chi connectivity index (χ0v) is 10.7. The van der Waals surface area contributed by atoms with Gasteiger partial charge in [-0.25, -0.2) is 4.79 Å². The van der Waals surface area contributed by atoms with Crippen LogP contribution < -0.4 is 5.32 Å². The van der Waals surface area contributed by atoms with E-state index in [1.165, 1.54) is 18.2 Å². The molecule has 0 aromatic heterocycles. The molecule has 7 heteroatoms. The van der Waals surface area contributed by atoms with Gasteiger partial charge in [-0.15, -0.1) is 0 Å². The fourth-order valence-electron chi connectivity index (χ4n) is 1.19. The van der Waals surface area contributed by atoms with Crippen LogP contribution in [-0.4, -0.2) is 28.1 Å². The molecule has 96 valence electrons. The average Bonchev–Trinajstić information content (AvgIpc) is 2.29. The van der Waals surface area contributed by atoms with E-state index in [1.54, 1.807) is 0 Å². The molecule has 0 saturated carbocycles. The van der Waals surface area contributed by atoms with Crippen molar-refractivity contribution in [1.82, 2.24) is 0 Å². The van der Waals surface area contributed by atoms with Crippen molar-refractivity contribution >= 4 is 39.5 Å². The number of hydrogen-bond donors (Lipinski definition) is 3. The summed E-state index contributed by atoms with van der Waals surface area (Å²) < 4.78 is 0.524. The maximum absolute atomic E-state index is 11.4. The summed E-state index contributed by atoms with van der Waals surface area (Å²) in [6.07, 6.45) is -0.443. The molecule has 0 aliphatic rings. The predicted octanol–water partition coefficient (Wildman–Crippen LogP) is 1.95. The molecule has 0 unspecified atom stereocenters. The number of benzene rings is 1. The Labute approximate surface area is 111 Å². The largest absolute Gasteiger partial charge is 0.481 e. The standard InChI is InChI=1S/C11H10BrNO5/c12-7-2-1-6(11(17)18)5-8(7)13-9(14)3-4-10(15)16/h1-2,5H,3-4H2,(H,13,14)(H,15,16)(H,17,18). The van der Waals surface area contributed by atoms with E-state index in [1.807, 2.05) is 0 Å². The molecule has 0 radical (unpaired) electrons. The minimum absolute atomic E-state index is 0.0340. The van der Waals surface area contributed by atoms with E-state index in [0.29, 0.717) is 10.2 Å². The second-order valence-corrected chi connectivity index (χ2v) is 4.30. The second kappa shape index (κ2) is 6.15. The van der Waals surface area contributed by atoms with E-state index in [2.05, 4.69) is 21.2 Å². The molecule has 1 rings (SSSR count). The summed E-state index contributed by atoms with van der Waals surface area (Å²) in [6.45, 7) is 0. The lowest BCUT2D eigenvalue weighted by Crippen LogP contribution is -2.14. The highest BCUT2D eigenvalue weighted by atomic mass is 79.9. The lowest BCUT2D eigenvalue weighted by molar-refractivity contribution is -0.138. The lowest BCUT2D eigenvalue weighted by Gasteiger charge is -2.07. The van der Waals surface area contributed by atoms with E-state index in [-0.39, 0.29) is 18.4 Å². The molecule has 1 aromatic rings. The normalized spacial score (nSPS) is 9.83. The van der Waals surface area contributed by atoms with Gasteiger partial charge in [-0.3, -0.25) is 9.59 Å². The van der Waals surface area contributed by atoms with Gasteiger partial charge >= 0.3 is 11.9 Å². The van der Waals surface area contributed by atoms with Crippen LogP contribution in [0.3, 0.4) is 0 Å². The molecule has 18 heavy (non-hydrogen) atoms. The number of aliphatic carboxylic acids is 1. The molecule has 0 fully saturated rings. The molecular formula is C11H10BrNO5. The van der Waals surface area contributed by atoms with Gasteiger partial charge in [0.05, 0.1) is 17.7 Å². The Morgan fingerprint density at radius 2 is 1.83 bits per heavy atom. The van der Waals surface area contributed by atoms with Crippen molar-refractivity contribution in [3.8, 4) is 0 Å². The molecule has 0 saturated heterocycles. The summed E-state index contributed by atoms with van der Waals surface area (Å²) in [6, 6.07) is 4.18. The van der Waals surface area contributed by atoms with Crippen molar-refractivity contribution in [3.63, 3.8) is 0 Å². The third kappa shape index (κ3) is 4.17. The number of carbonyl (C=O) groups excluding carboxylic acids is 1. The van der Waals surface area contributed by atoms with Crippen LogP contribution in [0.1, 0.15) is 23.2 Å². The van der Waals surface area contributed by atoms with Gasteiger partial charge < -0.3 is 15.5 Å². The molecule has 0 atom stereocenters. The molecule has 0 aliphatic carbocycles. The third-order valence-electron chi connectivity index (χ3n) is 2.05. The van der Waals surface area contributed by atoms with Crippen molar-refractivity contribution in [1.29, 1.82) is 0 Å². The molecule has 0 heterocycles. The number of rotatable bonds is 5. The SMILES string of the molecule is O=C(O)CCC(=O)Nc1cc(C(=O)O)ccc1Br. The summed E-state index contributed by atoms with van der Waals surface area (Å²) in [4.78, 5) is 32.5. The zero-order valence-electron chi connectivity index (χ0n) is 9.14. The van der Waals surface area contributed by atoms with E-state index < -0.39 is 17.8 Å². The molecular weight excluding hydrogens is 306 g/mol. The number of carboxylic acid groups (broad SMARTS) is 2. The van der Waals surface area contributed by atoms with Gasteiger partial charge in [-0.05, 0) is 34.1 Å². The Hall–Kier alpha value is -1.89. The van der Waals surface area contributed by atoms with Gasteiger partial charge in [-0.1, -0.05) is 0 Å². The van der Waals surface area contributed by atoms with Gasteiger partial charge in [0.1, 0.15) is 0 Å². The highest BCUT2D eigenvalue weighted by molar-refractivity contribution is 9.10. The van der Waals surface area contributed by atoms with Gasteiger partial charge in [0.2, 0.25) is 5.91 Å². The first-order chi connectivity index (χ1) is 8.40. The van der Waals surface area contributed by atoms with Crippen molar-refractivity contribution in [2.75, 3.05) is 5.32 Å². The molecule has 1 amide bonds. The Morgan fingerprint density at radius 3 is 2.39 bits per heavy atom. The Balaban J connectivity index is 2.77. The number of amides is 1. The summed E-state index contributed by atoms with van der Waals surface area (Å²) in [7, 11) is 0. The maximum Gasteiger partial charge on any atom is 0.335 e. The molecule has 1 aromatic carbocycles. The van der Waals surface area contributed by atoms with Gasteiger partial charge in [0.25, 0.3) is 0 Å². The second-order valence-electron chi connectivity index (χ2n) is 3.44. The number of carboxylic acids is 2. The first-order valence-electron chi connectivity index (χ1n) is 4.94. The number of anilines is 1. The monoisotopic (exact) mass is 315 g/mol. The van der Waals surface area contributed by atoms with E-state index in [4.69, 9.17) is 10.2 Å². The zero-order chi connectivity index (χ0) is 13.7. The quantitative estimate of drug-likeness (QED) is 0.770. The summed E-state index contributed by atoms with van der Waals surface area (Å²) in [5, 5.41) is 19.7. The van der Waals surface area contributed by atoms with Crippen LogP contribution in [-0.2, 0) is 9.59 Å². The average molecular weight is 316 g/mol. The fraction of sp³-hybridized carbons (Fsp3) is 0.182. The molecule has 0 spiro atoms. The van der Waals surface area contributed by atoms with Crippen molar-refractivity contribution in [2.45, 2.75) is 12.8 Å². The Morgan fingerprint density at radius 1 is 1.17 bits per heavy atom. The van der Waals surface area contributed by atoms with Crippen molar-refractivity contribution in [3.05, 3.63) is 28.2 Å². The van der Waals surface area contributed by atoms with Crippen LogP contribution in [0.15, 0.2) is 22.7 Å². The Kier molecular flexibility index (Phi) is 4.85. The van der Waals surface area contributed by atoms with Crippen LogP contribution in [0.5, 0.6) is 0 Å². The van der Waals surface area contributed by atoms with Crippen LogP contribution in [0.2, 0.25) is 0 Å². The van der Waals surface area contributed by atoms with Gasteiger partial charge in [0, 0.05) is 10.9 Å². The smallest absolute Gasteiger partial charge is 0.335 e. The number of aromatic carboxylic acids is 1. The van der Waals surface area contributed by atoms with Crippen LogP contribution in [0, 0.1) is 0 Å². The first kappa shape index (κ1) is 14.2. The first-order valence-corrected chi connectivity index (χ1v) is 5.74. The minimum Gasteiger partial charge on any atom is -0.481 e. The highest BCUT2D eigenvalue weighted by Crippen LogP contribution is 2.23. The van der Waals surface area contributed by atoms with E-state index in [9.17, 15) is 14.4 Å². The van der Waals surface area contributed by atoms with E-state index in [0.717, 1.165) is 0 Å². The number of halogens is 1. The van der Waals surface area contributed by atoms with Crippen LogP contribution in [0.4, 0.5) is 5.69 Å². The summed E-state index contributed by atoms with van der Waals surface area (Å²) in [5.41, 5.74) is 0.331. The van der Waals surface area contributed by atoms with Gasteiger partial charge in [-0.2, -0.15) is 0 Å². The highest BCUT2D eigenvalue weighted by Gasteiger charge is 2.10. The van der Waals surface area contributed by atoms with Crippen molar-refractivity contribution < 1.29 is 24.6 Å². The van der Waals surface area contributed by atoms with Crippen LogP contribution in [0.25, 0.3) is 0 Å². The lowest BCUT2D eigenvalue weighted by atomic mass is 10.2. The predicted molar refractivity (Wildman–Crippen MR) is 66.6 cm³/mol. The summed E-state index contributed by atoms with van der Waals surface area (Å²) >= 11 is 3.16. The van der Waals surface area contributed by atoms with Crippen molar-refractivity contribution in [2.24, 2.45) is 0 Å². The van der Waals surface area contributed by atoms with Crippen LogP contribution >= 0.6 is 15.9 Å². The maximum atomic E-state index is 11.4. The Bertz CT molecular complexity index is 500. The van der Waals surface area contributed by atoms with Gasteiger partial charge in [0.15, 0.2) is 0 Å². The number of nitrogens with one attached hydrogen (secondary N) is 1. The minimum atomic E-state index is -1.11. The topological polar surface area (TPSA) is 104 Å². The number of hydrogen-bond acceptors (Lipinski definition) is 3. The molecule has 0 bridgehead atoms. The molecule has 3 N–H and O–H groups in total. The fourth-order valence-corrected chi connectivity index (χ4v) is 1.53. The van der Waals surface area contributed by atoms with E-state index >= 15 is 0 Å². The molecule has 6 nitrogen and oxygen atoms in total. The number of carbonyl (C=O) groups is 3.